The summed E-state index contributed by atoms with van der Waals surface area (Å²) in [5.74, 6) is 0. The fourth-order valence-electron chi connectivity index (χ4n) is 4.40. The summed E-state index contributed by atoms with van der Waals surface area (Å²) < 4.78 is 0. The van der Waals surface area contributed by atoms with E-state index in [4.69, 9.17) is 0 Å². The molecule has 0 spiro atoms. The topological polar surface area (TPSA) is 3.24 Å². The van der Waals surface area contributed by atoms with Gasteiger partial charge in [-0.1, -0.05) is 86.6 Å². The van der Waals surface area contributed by atoms with E-state index in [2.05, 4.69) is 122 Å². The Bertz CT molecular complexity index is 1230. The number of anilines is 3. The second-order valence-electron chi connectivity index (χ2n) is 8.04. The fraction of sp³-hybridized carbons (Fsp3) is 0.133. The monoisotopic (exact) mass is 401 g/mol. The van der Waals surface area contributed by atoms with Crippen molar-refractivity contribution in [3.05, 3.63) is 114 Å². The molecule has 0 radical (unpaired) electrons. The van der Waals surface area contributed by atoms with Gasteiger partial charge in [0.05, 0.1) is 5.69 Å². The Morgan fingerprint density at radius 3 is 1.35 bits per heavy atom. The van der Waals surface area contributed by atoms with Gasteiger partial charge < -0.3 is 4.90 Å². The lowest BCUT2D eigenvalue weighted by atomic mass is 9.98. The van der Waals surface area contributed by atoms with Crippen LogP contribution in [0.2, 0.25) is 0 Å². The van der Waals surface area contributed by atoms with Crippen LogP contribution in [0.5, 0.6) is 0 Å². The first kappa shape index (κ1) is 19.4. The van der Waals surface area contributed by atoms with Crippen LogP contribution in [-0.2, 0) is 12.8 Å². The third-order valence-corrected chi connectivity index (χ3v) is 6.17. The molecule has 1 nitrogen and oxygen atoms in total. The molecule has 0 aliphatic carbocycles. The number of hydrogen-bond donors (Lipinski definition) is 0. The Morgan fingerprint density at radius 1 is 0.516 bits per heavy atom. The number of rotatable bonds is 5. The van der Waals surface area contributed by atoms with Crippen molar-refractivity contribution in [2.45, 2.75) is 26.7 Å². The lowest BCUT2D eigenvalue weighted by Gasteiger charge is -2.28. The maximum atomic E-state index is 2.42. The molecule has 5 rings (SSSR count). The van der Waals surface area contributed by atoms with Crippen molar-refractivity contribution in [1.82, 2.24) is 0 Å². The van der Waals surface area contributed by atoms with Crippen LogP contribution in [0.15, 0.2) is 103 Å². The Labute approximate surface area is 184 Å². The van der Waals surface area contributed by atoms with Gasteiger partial charge in [-0.3, -0.25) is 0 Å². The summed E-state index contributed by atoms with van der Waals surface area (Å²) in [5.41, 5.74) is 6.31. The number of aryl methyl sites for hydroxylation is 2. The van der Waals surface area contributed by atoms with Crippen LogP contribution in [0.4, 0.5) is 17.1 Å². The molecule has 0 N–H and O–H groups in total. The van der Waals surface area contributed by atoms with E-state index in [1.165, 1.54) is 49.7 Å². The second-order valence-corrected chi connectivity index (χ2v) is 8.04. The van der Waals surface area contributed by atoms with Crippen LogP contribution in [0.3, 0.4) is 0 Å². The van der Waals surface area contributed by atoms with Crippen molar-refractivity contribution in [3.63, 3.8) is 0 Å². The third-order valence-electron chi connectivity index (χ3n) is 6.17. The van der Waals surface area contributed by atoms with Crippen LogP contribution in [-0.4, -0.2) is 0 Å². The Kier molecular flexibility index (Phi) is 5.18. The van der Waals surface area contributed by atoms with Crippen LogP contribution in [0.25, 0.3) is 21.5 Å². The average molecular weight is 402 g/mol. The summed E-state index contributed by atoms with van der Waals surface area (Å²) in [6, 6.07) is 37.7. The zero-order valence-electron chi connectivity index (χ0n) is 18.2. The van der Waals surface area contributed by atoms with Gasteiger partial charge in [-0.25, -0.2) is 0 Å². The van der Waals surface area contributed by atoms with E-state index in [9.17, 15) is 0 Å². The number of fused-ring (bicyclic) bond motifs is 2. The molecule has 5 aromatic carbocycles. The average Bonchev–Trinajstić information content (AvgIpc) is 2.84. The highest BCUT2D eigenvalue weighted by molar-refractivity contribution is 6.14. The molecule has 0 unspecified atom stereocenters. The number of benzene rings is 5. The second kappa shape index (κ2) is 8.28. The first-order chi connectivity index (χ1) is 15.3. The number of nitrogens with zero attached hydrogens (tertiary/aromatic N) is 1. The van der Waals surface area contributed by atoms with Crippen molar-refractivity contribution < 1.29 is 0 Å². The molecule has 0 fully saturated rings. The van der Waals surface area contributed by atoms with Gasteiger partial charge in [-0.2, -0.15) is 0 Å². The normalized spacial score (nSPS) is 11.2. The SMILES string of the molecule is CCc1ccc(N(c2ccc(CC)cc2)c2c3ccccc3cc3ccccc23)cc1. The van der Waals surface area contributed by atoms with E-state index >= 15 is 0 Å². The minimum atomic E-state index is 1.04. The summed E-state index contributed by atoms with van der Waals surface area (Å²) in [6.07, 6.45) is 2.09. The Balaban J connectivity index is 1.84. The molecule has 31 heavy (non-hydrogen) atoms. The highest BCUT2D eigenvalue weighted by Crippen LogP contribution is 2.43. The van der Waals surface area contributed by atoms with Gasteiger partial charge in [0.15, 0.2) is 0 Å². The Morgan fingerprint density at radius 2 is 0.935 bits per heavy atom. The van der Waals surface area contributed by atoms with E-state index in [0.717, 1.165) is 12.8 Å². The molecule has 0 amide bonds. The van der Waals surface area contributed by atoms with Gasteiger partial charge >= 0.3 is 0 Å². The van der Waals surface area contributed by atoms with Crippen LogP contribution in [0.1, 0.15) is 25.0 Å². The smallest absolute Gasteiger partial charge is 0.0618 e. The highest BCUT2D eigenvalue weighted by atomic mass is 15.1. The summed E-state index contributed by atoms with van der Waals surface area (Å²) in [7, 11) is 0. The van der Waals surface area contributed by atoms with Crippen molar-refractivity contribution in [2.24, 2.45) is 0 Å². The van der Waals surface area contributed by atoms with E-state index in [-0.39, 0.29) is 0 Å². The predicted molar refractivity (Wildman–Crippen MR) is 135 cm³/mol. The van der Waals surface area contributed by atoms with Crippen molar-refractivity contribution in [3.8, 4) is 0 Å². The van der Waals surface area contributed by atoms with Gasteiger partial charge in [-0.05, 0) is 65.1 Å². The van der Waals surface area contributed by atoms with Gasteiger partial charge in [0.2, 0.25) is 0 Å². The highest BCUT2D eigenvalue weighted by Gasteiger charge is 2.18. The van der Waals surface area contributed by atoms with E-state index in [0.29, 0.717) is 0 Å². The van der Waals surface area contributed by atoms with Crippen molar-refractivity contribution >= 4 is 38.6 Å². The lowest BCUT2D eigenvalue weighted by molar-refractivity contribution is 1.13. The largest absolute Gasteiger partial charge is 0.309 e. The molecule has 0 aromatic heterocycles. The minimum Gasteiger partial charge on any atom is -0.309 e. The van der Waals surface area contributed by atoms with Crippen LogP contribution in [0, 0.1) is 0 Å². The molecule has 0 aliphatic rings. The van der Waals surface area contributed by atoms with Gasteiger partial charge in [0, 0.05) is 22.1 Å². The van der Waals surface area contributed by atoms with Gasteiger partial charge in [-0.15, -0.1) is 0 Å². The zero-order chi connectivity index (χ0) is 21.2. The summed E-state index contributed by atoms with van der Waals surface area (Å²) in [4.78, 5) is 2.42. The molecule has 0 saturated heterocycles. The molecule has 0 bridgehead atoms. The molecule has 5 aromatic rings. The number of hydrogen-bond acceptors (Lipinski definition) is 1. The molecule has 0 heterocycles. The standard InChI is InChI=1S/C30H27N/c1-3-22-13-17-26(18-14-22)31(27-19-15-23(4-2)16-20-27)30-28-11-7-5-9-24(28)21-25-10-6-8-12-29(25)30/h5-21H,3-4H2,1-2H3. The Hall–Kier alpha value is -3.58. The summed E-state index contributed by atoms with van der Waals surface area (Å²) in [5, 5.41) is 5.05. The predicted octanol–water partition coefficient (Wildman–Crippen LogP) is 8.59. The maximum absolute atomic E-state index is 2.42. The van der Waals surface area contributed by atoms with Crippen LogP contribution < -0.4 is 4.90 Å². The van der Waals surface area contributed by atoms with E-state index < -0.39 is 0 Å². The quantitative estimate of drug-likeness (QED) is 0.267. The summed E-state index contributed by atoms with van der Waals surface area (Å²) >= 11 is 0. The molecule has 0 saturated carbocycles. The van der Waals surface area contributed by atoms with E-state index in [1.54, 1.807) is 0 Å². The van der Waals surface area contributed by atoms with Crippen molar-refractivity contribution in [1.29, 1.82) is 0 Å². The minimum absolute atomic E-state index is 1.04. The van der Waals surface area contributed by atoms with E-state index in [1.807, 2.05) is 0 Å². The van der Waals surface area contributed by atoms with Crippen molar-refractivity contribution in [2.75, 3.05) is 4.90 Å². The molecular formula is C30H27N. The molecule has 152 valence electrons. The fourth-order valence-corrected chi connectivity index (χ4v) is 4.40. The maximum Gasteiger partial charge on any atom is 0.0618 e. The molecule has 0 atom stereocenters. The lowest BCUT2D eigenvalue weighted by Crippen LogP contribution is -2.11. The molecular weight excluding hydrogens is 374 g/mol. The molecule has 1 heteroatoms. The van der Waals surface area contributed by atoms with Crippen LogP contribution >= 0.6 is 0 Å². The van der Waals surface area contributed by atoms with Gasteiger partial charge in [0.25, 0.3) is 0 Å². The molecule has 0 aliphatic heterocycles. The summed E-state index contributed by atoms with van der Waals surface area (Å²) in [6.45, 7) is 4.41. The third kappa shape index (κ3) is 3.57. The first-order valence-corrected chi connectivity index (χ1v) is 11.2. The first-order valence-electron chi connectivity index (χ1n) is 11.2. The zero-order valence-corrected chi connectivity index (χ0v) is 18.2. The van der Waals surface area contributed by atoms with Gasteiger partial charge in [0.1, 0.15) is 0 Å².